The summed E-state index contributed by atoms with van der Waals surface area (Å²) < 4.78 is 13.2. The summed E-state index contributed by atoms with van der Waals surface area (Å²) in [4.78, 5) is 21.9. The van der Waals surface area contributed by atoms with E-state index in [-0.39, 0.29) is 12.2 Å². The Hall–Kier alpha value is -2.11. The van der Waals surface area contributed by atoms with Crippen molar-refractivity contribution in [3.63, 3.8) is 0 Å². The number of rotatable bonds is 5. The summed E-state index contributed by atoms with van der Waals surface area (Å²) in [5.74, 6) is -1.96. The van der Waals surface area contributed by atoms with E-state index < -0.39 is 23.7 Å². The molecule has 0 saturated heterocycles. The molecule has 0 aliphatic heterocycles. The second-order valence-electron chi connectivity index (χ2n) is 3.89. The Morgan fingerprint density at radius 1 is 1.39 bits per heavy atom. The number of amides is 2. The zero-order valence-corrected chi connectivity index (χ0v) is 9.94. The van der Waals surface area contributed by atoms with Crippen LogP contribution in [0.25, 0.3) is 0 Å². The summed E-state index contributed by atoms with van der Waals surface area (Å²) in [5, 5.41) is 13.4. The van der Waals surface area contributed by atoms with Gasteiger partial charge in [-0.1, -0.05) is 19.1 Å². The first kappa shape index (κ1) is 14.0. The van der Waals surface area contributed by atoms with Crippen LogP contribution in [0.3, 0.4) is 0 Å². The molecule has 6 heteroatoms. The Labute approximate surface area is 104 Å². The van der Waals surface area contributed by atoms with E-state index in [1.165, 1.54) is 18.2 Å². The maximum Gasteiger partial charge on any atom is 0.319 e. The van der Waals surface area contributed by atoms with Crippen molar-refractivity contribution in [3.05, 3.63) is 30.1 Å². The van der Waals surface area contributed by atoms with E-state index in [1.807, 2.05) is 0 Å². The third-order valence-corrected chi connectivity index (χ3v) is 2.41. The number of aliphatic carboxylic acids is 1. The van der Waals surface area contributed by atoms with Crippen molar-refractivity contribution in [1.82, 2.24) is 5.32 Å². The molecular weight excluding hydrogens is 239 g/mol. The average Bonchev–Trinajstić information content (AvgIpc) is 2.32. The molecule has 1 aromatic carbocycles. The molecule has 0 aliphatic rings. The lowest BCUT2D eigenvalue weighted by atomic mass is 10.1. The molecule has 2 amide bonds. The Morgan fingerprint density at radius 2 is 2.06 bits per heavy atom. The van der Waals surface area contributed by atoms with E-state index >= 15 is 0 Å². The number of hydrogen-bond acceptors (Lipinski definition) is 2. The number of carbonyl (C=O) groups excluding carboxylic acids is 1. The molecule has 1 rings (SSSR count). The van der Waals surface area contributed by atoms with Crippen LogP contribution in [0.5, 0.6) is 0 Å². The van der Waals surface area contributed by atoms with E-state index in [2.05, 4.69) is 10.6 Å². The van der Waals surface area contributed by atoms with E-state index in [1.54, 1.807) is 13.0 Å². The molecule has 0 saturated carbocycles. The summed E-state index contributed by atoms with van der Waals surface area (Å²) in [6, 6.07) is 5.24. The molecule has 0 heterocycles. The average molecular weight is 254 g/mol. The topological polar surface area (TPSA) is 78.4 Å². The minimum atomic E-state index is -0.911. The summed E-state index contributed by atoms with van der Waals surface area (Å²) >= 11 is 0. The minimum Gasteiger partial charge on any atom is -0.481 e. The van der Waals surface area contributed by atoms with Gasteiger partial charge in [-0.25, -0.2) is 9.18 Å². The Morgan fingerprint density at radius 3 is 2.67 bits per heavy atom. The second-order valence-corrected chi connectivity index (χ2v) is 3.89. The molecule has 0 radical (unpaired) electrons. The van der Waals surface area contributed by atoms with Crippen molar-refractivity contribution < 1.29 is 19.1 Å². The number of carbonyl (C=O) groups is 2. The molecule has 5 nitrogen and oxygen atoms in total. The SMILES string of the molecule is CC(CCNC(=O)Nc1ccccc1F)C(=O)O. The number of urea groups is 1. The highest BCUT2D eigenvalue weighted by Gasteiger charge is 2.11. The van der Waals surface area contributed by atoms with Crippen LogP contribution in [0, 0.1) is 11.7 Å². The van der Waals surface area contributed by atoms with Gasteiger partial charge in [0.25, 0.3) is 0 Å². The zero-order valence-electron chi connectivity index (χ0n) is 9.94. The fourth-order valence-electron chi connectivity index (χ4n) is 1.25. The van der Waals surface area contributed by atoms with Crippen LogP contribution >= 0.6 is 0 Å². The first-order valence-corrected chi connectivity index (χ1v) is 5.53. The number of carboxylic acids is 1. The predicted molar refractivity (Wildman–Crippen MR) is 64.8 cm³/mol. The number of para-hydroxylation sites is 1. The quantitative estimate of drug-likeness (QED) is 0.752. The molecule has 3 N–H and O–H groups in total. The maximum absolute atomic E-state index is 13.2. The molecule has 0 aromatic heterocycles. The lowest BCUT2D eigenvalue weighted by Crippen LogP contribution is -2.31. The van der Waals surface area contributed by atoms with Gasteiger partial charge < -0.3 is 15.7 Å². The number of carboxylic acid groups (broad SMARTS) is 1. The molecule has 0 spiro atoms. The number of anilines is 1. The van der Waals surface area contributed by atoms with Crippen LogP contribution in [-0.2, 0) is 4.79 Å². The molecule has 1 aromatic rings. The van der Waals surface area contributed by atoms with Gasteiger partial charge in [-0.3, -0.25) is 4.79 Å². The van der Waals surface area contributed by atoms with E-state index in [9.17, 15) is 14.0 Å². The Kier molecular flexibility index (Phi) is 5.10. The summed E-state index contributed by atoms with van der Waals surface area (Å²) in [5.41, 5.74) is 0.0845. The number of hydrogen-bond donors (Lipinski definition) is 3. The normalized spacial score (nSPS) is 11.7. The van der Waals surface area contributed by atoms with Crippen molar-refractivity contribution in [3.8, 4) is 0 Å². The first-order valence-electron chi connectivity index (χ1n) is 5.53. The fraction of sp³-hybridized carbons (Fsp3) is 0.333. The van der Waals surface area contributed by atoms with E-state index in [0.717, 1.165) is 0 Å². The molecule has 1 atom stereocenters. The van der Waals surface area contributed by atoms with Crippen LogP contribution in [0.2, 0.25) is 0 Å². The van der Waals surface area contributed by atoms with Crippen LogP contribution < -0.4 is 10.6 Å². The third kappa shape index (κ3) is 4.40. The van der Waals surface area contributed by atoms with Gasteiger partial charge in [0, 0.05) is 6.54 Å². The lowest BCUT2D eigenvalue weighted by molar-refractivity contribution is -0.141. The molecule has 0 bridgehead atoms. The van der Waals surface area contributed by atoms with Gasteiger partial charge in [0.05, 0.1) is 11.6 Å². The van der Waals surface area contributed by atoms with Crippen LogP contribution in [0.4, 0.5) is 14.9 Å². The summed E-state index contributed by atoms with van der Waals surface area (Å²) in [7, 11) is 0. The number of nitrogens with one attached hydrogen (secondary N) is 2. The molecular formula is C12H15FN2O3. The van der Waals surface area contributed by atoms with Crippen molar-refractivity contribution >= 4 is 17.7 Å². The van der Waals surface area contributed by atoms with Gasteiger partial charge in [-0.15, -0.1) is 0 Å². The summed E-state index contributed by atoms with van der Waals surface area (Å²) in [6.45, 7) is 1.77. The van der Waals surface area contributed by atoms with Crippen LogP contribution in [0.15, 0.2) is 24.3 Å². The third-order valence-electron chi connectivity index (χ3n) is 2.41. The molecule has 0 fully saturated rings. The second kappa shape index (κ2) is 6.58. The van der Waals surface area contributed by atoms with Crippen molar-refractivity contribution in [2.75, 3.05) is 11.9 Å². The fourth-order valence-corrected chi connectivity index (χ4v) is 1.25. The highest BCUT2D eigenvalue weighted by Crippen LogP contribution is 2.11. The number of benzene rings is 1. The Bertz CT molecular complexity index is 437. The van der Waals surface area contributed by atoms with Crippen LogP contribution in [-0.4, -0.2) is 23.7 Å². The molecule has 98 valence electrons. The van der Waals surface area contributed by atoms with Crippen molar-refractivity contribution in [2.45, 2.75) is 13.3 Å². The zero-order chi connectivity index (χ0) is 13.5. The maximum atomic E-state index is 13.2. The molecule has 0 aliphatic carbocycles. The molecule has 1 unspecified atom stereocenters. The van der Waals surface area contributed by atoms with Gasteiger partial charge in [0.1, 0.15) is 5.82 Å². The number of halogens is 1. The highest BCUT2D eigenvalue weighted by molar-refractivity contribution is 5.89. The van der Waals surface area contributed by atoms with E-state index in [4.69, 9.17) is 5.11 Å². The van der Waals surface area contributed by atoms with Gasteiger partial charge in [0.15, 0.2) is 0 Å². The Balaban J connectivity index is 2.35. The largest absolute Gasteiger partial charge is 0.481 e. The molecule has 18 heavy (non-hydrogen) atoms. The summed E-state index contributed by atoms with van der Waals surface area (Å²) in [6.07, 6.45) is 0.319. The van der Waals surface area contributed by atoms with Crippen LogP contribution in [0.1, 0.15) is 13.3 Å². The minimum absolute atomic E-state index is 0.0845. The lowest BCUT2D eigenvalue weighted by Gasteiger charge is -2.09. The van der Waals surface area contributed by atoms with Crippen molar-refractivity contribution in [2.24, 2.45) is 5.92 Å². The van der Waals surface area contributed by atoms with E-state index in [0.29, 0.717) is 6.42 Å². The monoisotopic (exact) mass is 254 g/mol. The van der Waals surface area contributed by atoms with Crippen molar-refractivity contribution in [1.29, 1.82) is 0 Å². The van der Waals surface area contributed by atoms with Gasteiger partial charge in [0.2, 0.25) is 0 Å². The smallest absolute Gasteiger partial charge is 0.319 e. The highest BCUT2D eigenvalue weighted by atomic mass is 19.1. The van der Waals surface area contributed by atoms with Gasteiger partial charge in [-0.2, -0.15) is 0 Å². The first-order chi connectivity index (χ1) is 8.50. The standard InChI is InChI=1S/C12H15FN2O3/c1-8(11(16)17)6-7-14-12(18)15-10-5-3-2-4-9(10)13/h2-5,8H,6-7H2,1H3,(H,16,17)(H2,14,15,18). The predicted octanol–water partition coefficient (Wildman–Crippen LogP) is 2.06. The van der Waals surface area contributed by atoms with Gasteiger partial charge in [-0.05, 0) is 18.6 Å². The van der Waals surface area contributed by atoms with Gasteiger partial charge >= 0.3 is 12.0 Å².